The molecule has 26 heavy (non-hydrogen) atoms. The SMILES string of the molecule is CC[C@@]1([O-])C(=O)OCc2c1cc1n(c2=O)Cc2cc3ccccc3nc2-1. The molecule has 5 rings (SSSR count). The zero-order chi connectivity index (χ0) is 18.1. The fourth-order valence-electron chi connectivity index (χ4n) is 3.91. The van der Waals surface area contributed by atoms with Crippen LogP contribution in [0.3, 0.4) is 0 Å². The van der Waals surface area contributed by atoms with Crippen LogP contribution in [0.5, 0.6) is 0 Å². The number of esters is 1. The van der Waals surface area contributed by atoms with Crippen molar-refractivity contribution in [2.24, 2.45) is 0 Å². The maximum absolute atomic E-state index is 13.1. The lowest BCUT2D eigenvalue weighted by Gasteiger charge is -2.41. The van der Waals surface area contributed by atoms with Crippen molar-refractivity contribution >= 4 is 16.9 Å². The number of cyclic esters (lactones) is 1. The Morgan fingerprint density at radius 1 is 1.27 bits per heavy atom. The number of hydrogen-bond donors (Lipinski definition) is 0. The first-order valence-electron chi connectivity index (χ1n) is 8.57. The van der Waals surface area contributed by atoms with Gasteiger partial charge in [-0.05, 0) is 23.8 Å². The lowest BCUT2D eigenvalue weighted by atomic mass is 9.86. The third-order valence-corrected chi connectivity index (χ3v) is 5.38. The van der Waals surface area contributed by atoms with Crippen LogP contribution in [0.15, 0.2) is 41.2 Å². The molecule has 0 unspecified atom stereocenters. The number of ether oxygens (including phenoxy) is 1. The summed E-state index contributed by atoms with van der Waals surface area (Å²) in [4.78, 5) is 29.8. The van der Waals surface area contributed by atoms with E-state index < -0.39 is 11.6 Å². The van der Waals surface area contributed by atoms with Gasteiger partial charge in [0.05, 0.1) is 29.0 Å². The molecule has 2 aliphatic rings. The Bertz CT molecular complexity index is 1160. The number of carbonyl (C=O) groups excluding carboxylic acids is 1. The van der Waals surface area contributed by atoms with Crippen LogP contribution in [0.25, 0.3) is 22.3 Å². The smallest absolute Gasteiger partial charge is 0.300 e. The van der Waals surface area contributed by atoms with Crippen molar-refractivity contribution in [3.05, 3.63) is 63.4 Å². The highest BCUT2D eigenvalue weighted by molar-refractivity contribution is 5.86. The molecule has 130 valence electrons. The second-order valence-corrected chi connectivity index (χ2v) is 6.76. The summed E-state index contributed by atoms with van der Waals surface area (Å²) < 4.78 is 6.63. The van der Waals surface area contributed by atoms with E-state index in [0.717, 1.165) is 16.5 Å². The van der Waals surface area contributed by atoms with Crippen LogP contribution >= 0.6 is 0 Å². The van der Waals surface area contributed by atoms with Gasteiger partial charge in [0.15, 0.2) is 0 Å². The van der Waals surface area contributed by atoms with Gasteiger partial charge in [0, 0.05) is 16.6 Å². The lowest BCUT2D eigenvalue weighted by Crippen LogP contribution is -2.53. The standard InChI is InChI=1S/C20H15N2O4/c1-2-20(25)14-8-16-17-12(7-11-5-3-4-6-15(11)21-17)9-22(16)18(23)13(14)10-26-19(20)24/h3-8H,2,9-10H2,1H3/q-1/t20-/m0/s1. The van der Waals surface area contributed by atoms with Crippen molar-refractivity contribution in [2.75, 3.05) is 0 Å². The van der Waals surface area contributed by atoms with E-state index in [9.17, 15) is 14.7 Å². The van der Waals surface area contributed by atoms with E-state index in [2.05, 4.69) is 0 Å². The molecule has 0 saturated carbocycles. The molecular formula is C20H15N2O4-. The van der Waals surface area contributed by atoms with E-state index in [1.54, 1.807) is 17.6 Å². The fraction of sp³-hybridized carbons (Fsp3) is 0.250. The molecular weight excluding hydrogens is 332 g/mol. The Morgan fingerprint density at radius 2 is 2.08 bits per heavy atom. The van der Waals surface area contributed by atoms with Gasteiger partial charge >= 0.3 is 0 Å². The summed E-state index contributed by atoms with van der Waals surface area (Å²) in [6.07, 6.45) is 0.0275. The van der Waals surface area contributed by atoms with E-state index in [0.29, 0.717) is 17.9 Å². The summed E-state index contributed by atoms with van der Waals surface area (Å²) >= 11 is 0. The zero-order valence-electron chi connectivity index (χ0n) is 14.1. The van der Waals surface area contributed by atoms with E-state index in [1.807, 2.05) is 30.3 Å². The monoisotopic (exact) mass is 347 g/mol. The highest BCUT2D eigenvalue weighted by Crippen LogP contribution is 2.37. The number of para-hydroxylation sites is 1. The van der Waals surface area contributed by atoms with Gasteiger partial charge in [-0.3, -0.25) is 9.59 Å². The van der Waals surface area contributed by atoms with Gasteiger partial charge in [-0.2, -0.15) is 0 Å². The molecule has 6 nitrogen and oxygen atoms in total. The van der Waals surface area contributed by atoms with Crippen LogP contribution in [-0.2, 0) is 28.3 Å². The van der Waals surface area contributed by atoms with Gasteiger partial charge in [0.25, 0.3) is 11.5 Å². The molecule has 2 aliphatic heterocycles. The molecule has 1 aromatic carbocycles. The summed E-state index contributed by atoms with van der Waals surface area (Å²) in [5.74, 6) is -0.818. The predicted molar refractivity (Wildman–Crippen MR) is 92.3 cm³/mol. The summed E-state index contributed by atoms with van der Waals surface area (Å²) in [6.45, 7) is 1.89. The van der Waals surface area contributed by atoms with Crippen LogP contribution in [0.2, 0.25) is 0 Å². The number of nitrogens with zero attached hydrogens (tertiary/aromatic N) is 2. The van der Waals surface area contributed by atoms with Crippen LogP contribution < -0.4 is 10.7 Å². The molecule has 0 aliphatic carbocycles. The Morgan fingerprint density at radius 3 is 2.88 bits per heavy atom. The average Bonchev–Trinajstić information content (AvgIpc) is 3.01. The highest BCUT2D eigenvalue weighted by atomic mass is 16.6. The maximum atomic E-state index is 13.1. The third kappa shape index (κ3) is 1.82. The third-order valence-electron chi connectivity index (χ3n) is 5.38. The molecule has 0 N–H and O–H groups in total. The first-order chi connectivity index (χ1) is 12.5. The van der Waals surface area contributed by atoms with E-state index in [-0.39, 0.29) is 29.7 Å². The van der Waals surface area contributed by atoms with Crippen molar-refractivity contribution in [2.45, 2.75) is 32.1 Å². The number of rotatable bonds is 1. The summed E-state index contributed by atoms with van der Waals surface area (Å²) in [5.41, 5.74) is 1.25. The minimum atomic E-state index is -2.04. The van der Waals surface area contributed by atoms with E-state index >= 15 is 0 Å². The van der Waals surface area contributed by atoms with Gasteiger partial charge < -0.3 is 14.4 Å². The van der Waals surface area contributed by atoms with Gasteiger partial charge in [0.1, 0.15) is 6.61 Å². The van der Waals surface area contributed by atoms with Crippen molar-refractivity contribution in [1.82, 2.24) is 9.55 Å². The average molecular weight is 347 g/mol. The molecule has 0 saturated heterocycles. The number of fused-ring (bicyclic) bond motifs is 5. The molecule has 0 bridgehead atoms. The van der Waals surface area contributed by atoms with Gasteiger partial charge in [-0.1, -0.05) is 31.5 Å². The van der Waals surface area contributed by atoms with Crippen molar-refractivity contribution in [3.8, 4) is 11.4 Å². The molecule has 6 heteroatoms. The zero-order valence-corrected chi connectivity index (χ0v) is 14.1. The summed E-state index contributed by atoms with van der Waals surface area (Å²) in [5, 5.41) is 14.1. The quantitative estimate of drug-likeness (QED) is 0.487. The minimum absolute atomic E-state index is 0.0275. The maximum Gasteiger partial charge on any atom is 0.300 e. The molecule has 0 amide bonds. The van der Waals surface area contributed by atoms with Gasteiger partial charge in [-0.15, -0.1) is 0 Å². The lowest BCUT2D eigenvalue weighted by molar-refractivity contribution is -0.475. The summed E-state index contributed by atoms with van der Waals surface area (Å²) in [6, 6.07) is 11.4. The molecule has 3 aromatic rings. The van der Waals surface area contributed by atoms with Crippen LogP contribution in [0.4, 0.5) is 0 Å². The molecule has 0 spiro atoms. The molecule has 4 heterocycles. The first-order valence-corrected chi connectivity index (χ1v) is 8.57. The van der Waals surface area contributed by atoms with Crippen molar-refractivity contribution < 1.29 is 14.6 Å². The largest absolute Gasteiger partial charge is 0.838 e. The molecule has 1 atom stereocenters. The Labute approximate surface area is 148 Å². The minimum Gasteiger partial charge on any atom is -0.838 e. The van der Waals surface area contributed by atoms with E-state index in [1.165, 1.54) is 0 Å². The Hall–Kier alpha value is -2.99. The number of pyridine rings is 2. The molecule has 0 fully saturated rings. The Balaban J connectivity index is 1.81. The topological polar surface area (TPSA) is 84.2 Å². The number of hydrogen-bond acceptors (Lipinski definition) is 5. The Kier molecular flexibility index (Phi) is 2.95. The van der Waals surface area contributed by atoms with Crippen molar-refractivity contribution in [3.63, 3.8) is 0 Å². The predicted octanol–water partition coefficient (Wildman–Crippen LogP) is 1.45. The fourth-order valence-corrected chi connectivity index (χ4v) is 3.91. The second-order valence-electron chi connectivity index (χ2n) is 6.76. The van der Waals surface area contributed by atoms with Crippen LogP contribution in [-0.4, -0.2) is 15.5 Å². The highest BCUT2D eigenvalue weighted by Gasteiger charge is 2.38. The number of carbonyl (C=O) groups is 1. The van der Waals surface area contributed by atoms with Crippen LogP contribution in [0, 0.1) is 0 Å². The van der Waals surface area contributed by atoms with E-state index in [4.69, 9.17) is 9.72 Å². The van der Waals surface area contributed by atoms with Crippen molar-refractivity contribution in [1.29, 1.82) is 0 Å². The molecule has 0 radical (unpaired) electrons. The number of aromatic nitrogens is 2. The second kappa shape index (κ2) is 5.02. The normalized spacial score (nSPS) is 20.5. The number of benzene rings is 1. The summed E-state index contributed by atoms with van der Waals surface area (Å²) in [7, 11) is 0. The first kappa shape index (κ1) is 15.3. The van der Waals surface area contributed by atoms with Gasteiger partial charge in [0.2, 0.25) is 0 Å². The van der Waals surface area contributed by atoms with Gasteiger partial charge in [-0.25, -0.2) is 4.98 Å². The van der Waals surface area contributed by atoms with Crippen LogP contribution in [0.1, 0.15) is 30.0 Å². The molecule has 2 aromatic heterocycles.